The Morgan fingerprint density at radius 3 is 1.94 bits per heavy atom. The van der Waals surface area contributed by atoms with Crippen molar-refractivity contribution in [3.8, 4) is 11.3 Å². The van der Waals surface area contributed by atoms with Crippen LogP contribution in [0.2, 0.25) is 0 Å². The van der Waals surface area contributed by atoms with Gasteiger partial charge in [0, 0.05) is 38.7 Å². The normalized spacial score (nSPS) is 12.3. The van der Waals surface area contributed by atoms with Crippen LogP contribution in [0.4, 0.5) is 0 Å². The van der Waals surface area contributed by atoms with Gasteiger partial charge in [-0.05, 0) is 84.9 Å². The quantitative estimate of drug-likeness (QED) is 0.177. The van der Waals surface area contributed by atoms with Crippen LogP contribution in [0.25, 0.3) is 109 Å². The van der Waals surface area contributed by atoms with Crippen LogP contribution in [0.15, 0.2) is 150 Å². The number of fused-ring (bicyclic) bond motifs is 16. The van der Waals surface area contributed by atoms with Gasteiger partial charge in [0.25, 0.3) is 0 Å². The van der Waals surface area contributed by atoms with E-state index in [-0.39, 0.29) is 0 Å². The first-order valence-corrected chi connectivity index (χ1v) is 16.0. The smallest absolute Gasteiger partial charge is 0.136 e. The number of hydrogen-bond acceptors (Lipinski definition) is 3. The third-order valence-electron chi connectivity index (χ3n) is 10.0. The molecule has 8 aromatic carbocycles. The van der Waals surface area contributed by atoms with Crippen LogP contribution in [0, 0.1) is 0 Å². The third kappa shape index (κ3) is 3.46. The molecule has 3 heterocycles. The summed E-state index contributed by atoms with van der Waals surface area (Å²) < 4.78 is 6.63. The average Bonchev–Trinajstić information content (AvgIpc) is 3.51. The SMILES string of the molecule is c1ccc2c(c1)ccc1ccc3oc4cc5c6ccc(-c7ccc8ccc9cccnc9c8n7)cc6c6ccccc6c5cc4c3c12. The molecule has 0 aliphatic carbocycles. The van der Waals surface area contributed by atoms with Crippen molar-refractivity contribution in [2.75, 3.05) is 0 Å². The van der Waals surface area contributed by atoms with Crippen LogP contribution in [-0.4, -0.2) is 9.97 Å². The minimum absolute atomic E-state index is 0.907. The molecule has 0 aliphatic heterocycles. The van der Waals surface area contributed by atoms with Crippen LogP contribution in [-0.2, 0) is 0 Å². The summed E-state index contributed by atoms with van der Waals surface area (Å²) in [6, 6.07) is 50.1. The van der Waals surface area contributed by atoms with Gasteiger partial charge in [0.05, 0.1) is 16.7 Å². The zero-order chi connectivity index (χ0) is 30.6. The molecule has 0 saturated carbocycles. The Balaban J connectivity index is 1.21. The molecule has 0 bridgehead atoms. The van der Waals surface area contributed by atoms with Crippen molar-refractivity contribution in [3.63, 3.8) is 0 Å². The lowest BCUT2D eigenvalue weighted by Crippen LogP contribution is -1.90. The molecule has 0 unspecified atom stereocenters. The Kier molecular flexibility index (Phi) is 4.84. The van der Waals surface area contributed by atoms with E-state index in [1.54, 1.807) is 0 Å². The molecule has 0 atom stereocenters. The molecule has 11 aromatic rings. The first kappa shape index (κ1) is 24.9. The van der Waals surface area contributed by atoms with Gasteiger partial charge in [-0.15, -0.1) is 0 Å². The highest BCUT2D eigenvalue weighted by molar-refractivity contribution is 6.32. The lowest BCUT2D eigenvalue weighted by atomic mass is 9.91. The Morgan fingerprint density at radius 2 is 1.04 bits per heavy atom. The van der Waals surface area contributed by atoms with Crippen molar-refractivity contribution >= 4 is 97.6 Å². The minimum Gasteiger partial charge on any atom is -0.456 e. The van der Waals surface area contributed by atoms with Crippen molar-refractivity contribution in [3.05, 3.63) is 146 Å². The highest BCUT2D eigenvalue weighted by atomic mass is 16.3. The highest BCUT2D eigenvalue weighted by Gasteiger charge is 2.17. The number of aromatic nitrogens is 2. The van der Waals surface area contributed by atoms with Gasteiger partial charge in [-0.25, -0.2) is 4.98 Å². The summed E-state index contributed by atoms with van der Waals surface area (Å²) in [5, 5.41) is 16.8. The Morgan fingerprint density at radius 1 is 0.383 bits per heavy atom. The second kappa shape index (κ2) is 9.12. The standard InChI is InChI=1S/C44H24N2O/c1-2-8-30-25(6-1)11-12-26-17-20-39-42(41(26)30)37-23-35-32-10-4-3-9-31(32)34-22-29(15-18-33(34)36(35)24-40(37)47-39)38-19-16-28-14-13-27-7-5-21-45-43(27)44(28)46-38/h1-24H. The number of hydrogen-bond donors (Lipinski definition) is 0. The molecule has 0 aliphatic rings. The van der Waals surface area contributed by atoms with E-state index in [2.05, 4.69) is 138 Å². The van der Waals surface area contributed by atoms with Gasteiger partial charge in [0.15, 0.2) is 0 Å². The third-order valence-corrected chi connectivity index (χ3v) is 10.0. The molecule has 3 nitrogen and oxygen atoms in total. The van der Waals surface area contributed by atoms with E-state index in [0.29, 0.717) is 0 Å². The predicted octanol–water partition coefficient (Wildman–Crippen LogP) is 12.1. The maximum atomic E-state index is 6.63. The van der Waals surface area contributed by atoms with E-state index in [1.165, 1.54) is 59.2 Å². The number of nitrogens with zero attached hydrogens (tertiary/aromatic N) is 2. The van der Waals surface area contributed by atoms with Gasteiger partial charge < -0.3 is 4.42 Å². The van der Waals surface area contributed by atoms with Crippen LogP contribution in [0.1, 0.15) is 0 Å². The molecule has 216 valence electrons. The minimum atomic E-state index is 0.907. The van der Waals surface area contributed by atoms with Crippen LogP contribution in [0.3, 0.4) is 0 Å². The topological polar surface area (TPSA) is 38.9 Å². The molecule has 11 rings (SSSR count). The van der Waals surface area contributed by atoms with E-state index < -0.39 is 0 Å². The molecule has 0 N–H and O–H groups in total. The van der Waals surface area contributed by atoms with Gasteiger partial charge in [0.1, 0.15) is 11.2 Å². The first-order chi connectivity index (χ1) is 23.3. The fraction of sp³-hybridized carbons (Fsp3) is 0. The van der Waals surface area contributed by atoms with Gasteiger partial charge >= 0.3 is 0 Å². The van der Waals surface area contributed by atoms with Crippen LogP contribution < -0.4 is 0 Å². The van der Waals surface area contributed by atoms with Crippen molar-refractivity contribution in [2.24, 2.45) is 0 Å². The fourth-order valence-corrected chi connectivity index (χ4v) is 7.85. The maximum absolute atomic E-state index is 6.63. The summed E-state index contributed by atoms with van der Waals surface area (Å²) in [6.07, 6.45) is 1.84. The second-order valence-corrected chi connectivity index (χ2v) is 12.5. The molecule has 0 spiro atoms. The Labute approximate surface area is 268 Å². The van der Waals surface area contributed by atoms with Crippen molar-refractivity contribution in [2.45, 2.75) is 0 Å². The second-order valence-electron chi connectivity index (χ2n) is 12.5. The Bertz CT molecular complexity index is 3140. The van der Waals surface area contributed by atoms with Gasteiger partial charge in [-0.3, -0.25) is 4.98 Å². The zero-order valence-electron chi connectivity index (χ0n) is 25.2. The molecule has 0 radical (unpaired) electrons. The molecule has 3 aromatic heterocycles. The number of pyridine rings is 2. The van der Waals surface area contributed by atoms with Gasteiger partial charge in [-0.2, -0.15) is 0 Å². The lowest BCUT2D eigenvalue weighted by Gasteiger charge is -2.13. The number of rotatable bonds is 1. The van der Waals surface area contributed by atoms with Crippen molar-refractivity contribution in [1.29, 1.82) is 0 Å². The van der Waals surface area contributed by atoms with E-state index >= 15 is 0 Å². The van der Waals surface area contributed by atoms with E-state index in [1.807, 2.05) is 12.3 Å². The summed E-state index contributed by atoms with van der Waals surface area (Å²) in [6.45, 7) is 0. The maximum Gasteiger partial charge on any atom is 0.136 e. The summed E-state index contributed by atoms with van der Waals surface area (Å²) >= 11 is 0. The van der Waals surface area contributed by atoms with E-state index in [9.17, 15) is 0 Å². The fourth-order valence-electron chi connectivity index (χ4n) is 7.85. The van der Waals surface area contributed by atoms with E-state index in [0.717, 1.165) is 49.6 Å². The van der Waals surface area contributed by atoms with Crippen molar-refractivity contribution < 1.29 is 4.42 Å². The summed E-state index contributed by atoms with van der Waals surface area (Å²) in [5.41, 5.74) is 5.70. The summed E-state index contributed by atoms with van der Waals surface area (Å²) in [4.78, 5) is 9.83. The van der Waals surface area contributed by atoms with Crippen LogP contribution >= 0.6 is 0 Å². The zero-order valence-corrected chi connectivity index (χ0v) is 25.2. The molecule has 47 heavy (non-hydrogen) atoms. The van der Waals surface area contributed by atoms with Crippen molar-refractivity contribution in [1.82, 2.24) is 9.97 Å². The summed E-state index contributed by atoms with van der Waals surface area (Å²) in [5.74, 6) is 0. The number of benzene rings is 8. The first-order valence-electron chi connectivity index (χ1n) is 16.0. The largest absolute Gasteiger partial charge is 0.456 e. The van der Waals surface area contributed by atoms with Gasteiger partial charge in [0.2, 0.25) is 0 Å². The Hall–Kier alpha value is -6.32. The van der Waals surface area contributed by atoms with Crippen LogP contribution in [0.5, 0.6) is 0 Å². The molecule has 0 fully saturated rings. The van der Waals surface area contributed by atoms with E-state index in [4.69, 9.17) is 9.40 Å². The van der Waals surface area contributed by atoms with Gasteiger partial charge in [-0.1, -0.05) is 103 Å². The number of furan rings is 1. The average molecular weight is 597 g/mol. The molecule has 0 saturated heterocycles. The molecular formula is C44H24N2O. The predicted molar refractivity (Wildman–Crippen MR) is 197 cm³/mol. The highest BCUT2D eigenvalue weighted by Crippen LogP contribution is 2.43. The summed E-state index contributed by atoms with van der Waals surface area (Å²) in [7, 11) is 0. The molecule has 3 heteroatoms. The monoisotopic (exact) mass is 596 g/mol. The lowest BCUT2D eigenvalue weighted by molar-refractivity contribution is 0.670. The molecule has 0 amide bonds. The molecular weight excluding hydrogens is 572 g/mol.